The Kier molecular flexibility index (Phi) is 4.30. The molecule has 0 radical (unpaired) electrons. The molecule has 0 aliphatic heterocycles. The number of anilines is 1. The third kappa shape index (κ3) is 3.24. The van der Waals surface area contributed by atoms with Gasteiger partial charge in [-0.05, 0) is 32.4 Å². The lowest BCUT2D eigenvalue weighted by atomic mass is 10.1. The highest BCUT2D eigenvalue weighted by molar-refractivity contribution is 5.92. The smallest absolute Gasteiger partial charge is 0.310 e. The van der Waals surface area contributed by atoms with E-state index in [0.717, 1.165) is 5.56 Å². The molecule has 0 saturated heterocycles. The van der Waals surface area contributed by atoms with Crippen LogP contribution in [0.1, 0.15) is 29.1 Å². The summed E-state index contributed by atoms with van der Waals surface area (Å²) in [6, 6.07) is 3.60. The average molecular weight is 294 g/mol. The maximum Gasteiger partial charge on any atom is 0.333 e. The van der Waals surface area contributed by atoms with Crippen molar-refractivity contribution in [1.29, 1.82) is 0 Å². The average Bonchev–Trinajstić information content (AvgIpc) is 2.69. The summed E-state index contributed by atoms with van der Waals surface area (Å²) in [4.78, 5) is 16.1. The number of amides is 1. The number of nitrogens with zero attached hydrogens (tertiary/aromatic N) is 3. The van der Waals surface area contributed by atoms with E-state index in [9.17, 15) is 13.6 Å². The van der Waals surface area contributed by atoms with E-state index >= 15 is 0 Å². The highest BCUT2D eigenvalue weighted by Crippen LogP contribution is 2.20. The van der Waals surface area contributed by atoms with Crippen molar-refractivity contribution in [3.63, 3.8) is 0 Å². The second-order valence-corrected chi connectivity index (χ2v) is 4.77. The number of carbonyl (C=O) groups excluding carboxylic acids is 1. The van der Waals surface area contributed by atoms with Crippen molar-refractivity contribution in [3.05, 3.63) is 40.8 Å². The molecular formula is C14H16F2N4O. The molecule has 2 rings (SSSR count). The van der Waals surface area contributed by atoms with Gasteiger partial charge in [-0.15, -0.1) is 0 Å². The number of alkyl halides is 2. The van der Waals surface area contributed by atoms with E-state index in [1.165, 1.54) is 6.92 Å². The van der Waals surface area contributed by atoms with Gasteiger partial charge in [-0.25, -0.2) is 9.67 Å². The molecule has 21 heavy (non-hydrogen) atoms. The number of halogens is 2. The molecule has 0 aliphatic rings. The molecule has 0 aromatic carbocycles. The minimum Gasteiger partial charge on any atom is -0.310 e. The molecular weight excluding hydrogens is 278 g/mol. The van der Waals surface area contributed by atoms with Crippen LogP contribution in [0, 0.1) is 20.8 Å². The van der Waals surface area contributed by atoms with Gasteiger partial charge in [-0.3, -0.25) is 4.79 Å². The zero-order valence-electron chi connectivity index (χ0n) is 12.0. The highest BCUT2D eigenvalue weighted by Gasteiger charge is 2.19. The van der Waals surface area contributed by atoms with Crippen LogP contribution in [0.5, 0.6) is 0 Å². The molecule has 0 spiro atoms. The summed E-state index contributed by atoms with van der Waals surface area (Å²) in [7, 11) is 0. The van der Waals surface area contributed by atoms with Gasteiger partial charge in [0.25, 0.3) is 0 Å². The molecule has 1 N–H and O–H groups in total. The monoisotopic (exact) mass is 294 g/mol. The maximum absolute atomic E-state index is 12.7. The van der Waals surface area contributed by atoms with Crippen LogP contribution in [0.3, 0.4) is 0 Å². The van der Waals surface area contributed by atoms with Crippen molar-refractivity contribution >= 4 is 11.7 Å². The fourth-order valence-corrected chi connectivity index (χ4v) is 2.10. The molecule has 0 atom stereocenters. The van der Waals surface area contributed by atoms with Gasteiger partial charge >= 0.3 is 6.55 Å². The van der Waals surface area contributed by atoms with Crippen molar-refractivity contribution in [2.24, 2.45) is 0 Å². The van der Waals surface area contributed by atoms with E-state index in [2.05, 4.69) is 15.4 Å². The largest absolute Gasteiger partial charge is 0.333 e. The van der Waals surface area contributed by atoms with Crippen molar-refractivity contribution in [2.75, 3.05) is 5.32 Å². The summed E-state index contributed by atoms with van der Waals surface area (Å²) in [5.41, 5.74) is 2.08. The van der Waals surface area contributed by atoms with Gasteiger partial charge < -0.3 is 5.32 Å². The first kappa shape index (κ1) is 15.1. The van der Waals surface area contributed by atoms with Crippen LogP contribution in [0.15, 0.2) is 18.3 Å². The zero-order valence-corrected chi connectivity index (χ0v) is 12.0. The minimum atomic E-state index is -2.71. The Morgan fingerprint density at radius 2 is 2.10 bits per heavy atom. The number of hydrogen-bond donors (Lipinski definition) is 1. The van der Waals surface area contributed by atoms with E-state index in [1.54, 1.807) is 19.2 Å². The SMILES string of the molecule is Cc1cccnc1NC(=O)Cc1c(C)nn(C(F)F)c1C. The quantitative estimate of drug-likeness (QED) is 0.943. The fourth-order valence-electron chi connectivity index (χ4n) is 2.10. The normalized spacial score (nSPS) is 11.0. The molecule has 112 valence electrons. The lowest BCUT2D eigenvalue weighted by molar-refractivity contribution is -0.115. The number of pyridine rings is 1. The summed E-state index contributed by atoms with van der Waals surface area (Å²) >= 11 is 0. The van der Waals surface area contributed by atoms with Gasteiger partial charge in [0.15, 0.2) is 0 Å². The second-order valence-electron chi connectivity index (χ2n) is 4.77. The molecule has 2 heterocycles. The molecule has 0 unspecified atom stereocenters. The van der Waals surface area contributed by atoms with E-state index in [4.69, 9.17) is 0 Å². The lowest BCUT2D eigenvalue weighted by Crippen LogP contribution is -2.17. The highest BCUT2D eigenvalue weighted by atomic mass is 19.3. The molecule has 2 aromatic heterocycles. The number of aromatic nitrogens is 3. The number of hydrogen-bond acceptors (Lipinski definition) is 3. The second kappa shape index (κ2) is 5.99. The summed E-state index contributed by atoms with van der Waals surface area (Å²) < 4.78 is 26.1. The number of rotatable bonds is 4. The molecule has 0 bridgehead atoms. The molecule has 1 amide bonds. The summed E-state index contributed by atoms with van der Waals surface area (Å²) in [5.74, 6) is 0.163. The van der Waals surface area contributed by atoms with Gasteiger partial charge in [-0.2, -0.15) is 13.9 Å². The Hall–Kier alpha value is -2.31. The predicted octanol–water partition coefficient (Wildman–Crippen LogP) is 2.78. The van der Waals surface area contributed by atoms with Gasteiger partial charge in [0.1, 0.15) is 5.82 Å². The van der Waals surface area contributed by atoms with Crippen molar-refractivity contribution in [2.45, 2.75) is 33.7 Å². The van der Waals surface area contributed by atoms with Crippen LogP contribution in [-0.4, -0.2) is 20.7 Å². The first-order valence-electron chi connectivity index (χ1n) is 6.44. The molecule has 2 aromatic rings. The maximum atomic E-state index is 12.7. The van der Waals surface area contributed by atoms with Gasteiger partial charge in [0, 0.05) is 17.5 Å². The topological polar surface area (TPSA) is 59.8 Å². The van der Waals surface area contributed by atoms with Crippen molar-refractivity contribution in [1.82, 2.24) is 14.8 Å². The Labute approximate surface area is 121 Å². The van der Waals surface area contributed by atoms with E-state index < -0.39 is 6.55 Å². The predicted molar refractivity (Wildman–Crippen MR) is 74.3 cm³/mol. The van der Waals surface area contributed by atoms with Crippen molar-refractivity contribution in [3.8, 4) is 0 Å². The lowest BCUT2D eigenvalue weighted by Gasteiger charge is -2.07. The zero-order chi connectivity index (χ0) is 15.6. The Morgan fingerprint density at radius 1 is 1.38 bits per heavy atom. The third-order valence-electron chi connectivity index (χ3n) is 3.26. The third-order valence-corrected chi connectivity index (χ3v) is 3.26. The van der Waals surface area contributed by atoms with Crippen molar-refractivity contribution < 1.29 is 13.6 Å². The Balaban J connectivity index is 2.15. The number of nitrogens with one attached hydrogen (secondary N) is 1. The first-order chi connectivity index (χ1) is 9.90. The van der Waals surface area contributed by atoms with E-state index in [0.29, 0.717) is 27.5 Å². The molecule has 7 heteroatoms. The van der Waals surface area contributed by atoms with Gasteiger partial charge in [-0.1, -0.05) is 6.07 Å². The van der Waals surface area contributed by atoms with Crippen LogP contribution in [0.25, 0.3) is 0 Å². The van der Waals surface area contributed by atoms with Crippen LogP contribution >= 0.6 is 0 Å². The van der Waals surface area contributed by atoms with E-state index in [-0.39, 0.29) is 12.3 Å². The summed E-state index contributed by atoms with van der Waals surface area (Å²) in [6.45, 7) is 2.26. The van der Waals surface area contributed by atoms with E-state index in [1.807, 2.05) is 13.0 Å². The summed E-state index contributed by atoms with van der Waals surface area (Å²) in [5, 5.41) is 6.44. The standard InChI is InChI=1S/C14H16F2N4O/c1-8-5-4-6-17-13(8)18-12(21)7-11-9(2)19-20(10(11)3)14(15)16/h4-6,14H,7H2,1-3H3,(H,17,18,21). The van der Waals surface area contributed by atoms with Crippen LogP contribution < -0.4 is 5.32 Å². The van der Waals surface area contributed by atoms with Crippen LogP contribution in [-0.2, 0) is 11.2 Å². The Morgan fingerprint density at radius 3 is 2.67 bits per heavy atom. The van der Waals surface area contributed by atoms with Crippen LogP contribution in [0.4, 0.5) is 14.6 Å². The number of carbonyl (C=O) groups is 1. The molecule has 0 fully saturated rings. The molecule has 5 nitrogen and oxygen atoms in total. The van der Waals surface area contributed by atoms with Gasteiger partial charge in [0.05, 0.1) is 12.1 Å². The molecule has 0 aliphatic carbocycles. The minimum absolute atomic E-state index is 0.0135. The molecule has 0 saturated carbocycles. The van der Waals surface area contributed by atoms with Gasteiger partial charge in [0.2, 0.25) is 5.91 Å². The first-order valence-corrected chi connectivity index (χ1v) is 6.44. The Bertz CT molecular complexity index is 667. The number of aryl methyl sites for hydroxylation is 2. The fraction of sp³-hybridized carbons (Fsp3) is 0.357. The summed E-state index contributed by atoms with van der Waals surface area (Å²) in [6.07, 6.45) is 1.56. The van der Waals surface area contributed by atoms with Crippen LogP contribution in [0.2, 0.25) is 0 Å².